The molecule has 1 saturated heterocycles. The lowest BCUT2D eigenvalue weighted by atomic mass is 10.2. The number of carbonyl (C=O) groups excluding carboxylic acids is 1. The van der Waals surface area contributed by atoms with Crippen LogP contribution in [0.25, 0.3) is 0 Å². The molecule has 0 aromatic heterocycles. The van der Waals surface area contributed by atoms with Crippen molar-refractivity contribution in [3.63, 3.8) is 0 Å². The molecule has 0 radical (unpaired) electrons. The van der Waals surface area contributed by atoms with E-state index in [0.29, 0.717) is 25.4 Å². The second-order valence-corrected chi connectivity index (χ2v) is 9.72. The van der Waals surface area contributed by atoms with Crippen molar-refractivity contribution >= 4 is 33.4 Å². The number of nitrogens with zero attached hydrogens (tertiary/aromatic N) is 1. The van der Waals surface area contributed by atoms with Gasteiger partial charge >= 0.3 is 0 Å². The summed E-state index contributed by atoms with van der Waals surface area (Å²) in [7, 11) is -3.46. The first-order valence-corrected chi connectivity index (χ1v) is 12.2. The van der Waals surface area contributed by atoms with Gasteiger partial charge in [0.05, 0.1) is 17.3 Å². The van der Waals surface area contributed by atoms with Crippen LogP contribution in [-0.4, -0.2) is 44.1 Å². The van der Waals surface area contributed by atoms with Crippen LogP contribution in [0, 0.1) is 0 Å². The third-order valence-corrected chi connectivity index (χ3v) is 7.52. The zero-order chi connectivity index (χ0) is 20.7. The Morgan fingerprint density at radius 2 is 1.69 bits per heavy atom. The second kappa shape index (κ2) is 10.1. The minimum absolute atomic E-state index is 0.143. The summed E-state index contributed by atoms with van der Waals surface area (Å²) in [5, 5.41) is 2.81. The average molecular weight is 435 g/mol. The minimum Gasteiger partial charge on any atom is -0.494 e. The van der Waals surface area contributed by atoms with Gasteiger partial charge in [0.1, 0.15) is 5.75 Å². The predicted molar refractivity (Wildman–Crippen MR) is 116 cm³/mol. The van der Waals surface area contributed by atoms with Crippen LogP contribution in [-0.2, 0) is 14.8 Å². The lowest BCUT2D eigenvalue weighted by molar-refractivity contribution is -0.113. The molecule has 1 N–H and O–H groups in total. The summed E-state index contributed by atoms with van der Waals surface area (Å²) < 4.78 is 32.3. The number of hydrogen-bond donors (Lipinski definition) is 1. The maximum Gasteiger partial charge on any atom is 0.243 e. The maximum atomic E-state index is 12.7. The van der Waals surface area contributed by atoms with Gasteiger partial charge in [-0.15, -0.1) is 11.8 Å². The van der Waals surface area contributed by atoms with Crippen molar-refractivity contribution in [2.75, 3.05) is 30.8 Å². The van der Waals surface area contributed by atoms with E-state index in [-0.39, 0.29) is 16.6 Å². The average Bonchev–Trinajstić information content (AvgIpc) is 2.74. The van der Waals surface area contributed by atoms with Gasteiger partial charge in [-0.3, -0.25) is 4.79 Å². The van der Waals surface area contributed by atoms with E-state index >= 15 is 0 Å². The number of sulfonamides is 1. The number of carbonyl (C=O) groups is 1. The largest absolute Gasteiger partial charge is 0.494 e. The van der Waals surface area contributed by atoms with Crippen molar-refractivity contribution in [2.45, 2.75) is 36.0 Å². The molecule has 0 atom stereocenters. The Morgan fingerprint density at radius 3 is 2.31 bits per heavy atom. The molecule has 6 nitrogen and oxygen atoms in total. The Hall–Kier alpha value is -2.03. The molecule has 2 aromatic rings. The van der Waals surface area contributed by atoms with E-state index in [4.69, 9.17) is 4.74 Å². The molecule has 0 saturated carbocycles. The number of piperidine rings is 1. The van der Waals surface area contributed by atoms with Gasteiger partial charge in [-0.05, 0) is 68.3 Å². The number of ether oxygens (including phenoxy) is 1. The quantitative estimate of drug-likeness (QED) is 0.636. The highest BCUT2D eigenvalue weighted by Crippen LogP contribution is 2.23. The summed E-state index contributed by atoms with van der Waals surface area (Å²) in [5.74, 6) is 0.929. The molecule has 1 amide bonds. The molecule has 1 aliphatic heterocycles. The summed E-state index contributed by atoms with van der Waals surface area (Å²) in [6, 6.07) is 14.0. The van der Waals surface area contributed by atoms with E-state index in [2.05, 4.69) is 5.32 Å². The molecule has 1 heterocycles. The highest BCUT2D eigenvalue weighted by Gasteiger charge is 2.25. The number of anilines is 1. The Kier molecular flexibility index (Phi) is 7.57. The van der Waals surface area contributed by atoms with Gasteiger partial charge in [0.2, 0.25) is 15.9 Å². The van der Waals surface area contributed by atoms with E-state index in [0.717, 1.165) is 29.9 Å². The Bertz CT molecular complexity index is 907. The normalized spacial score (nSPS) is 15.1. The molecule has 0 bridgehead atoms. The number of nitrogens with one attached hydrogen (secondary N) is 1. The zero-order valence-electron chi connectivity index (χ0n) is 16.5. The highest BCUT2D eigenvalue weighted by molar-refractivity contribution is 8.00. The summed E-state index contributed by atoms with van der Waals surface area (Å²) in [6.45, 7) is 3.70. The van der Waals surface area contributed by atoms with Crippen molar-refractivity contribution in [2.24, 2.45) is 0 Å². The van der Waals surface area contributed by atoms with Crippen LogP contribution in [0.2, 0.25) is 0 Å². The van der Waals surface area contributed by atoms with E-state index in [9.17, 15) is 13.2 Å². The van der Waals surface area contributed by atoms with Crippen molar-refractivity contribution in [3.05, 3.63) is 48.5 Å². The molecule has 0 unspecified atom stereocenters. The topological polar surface area (TPSA) is 75.7 Å². The van der Waals surface area contributed by atoms with E-state index < -0.39 is 10.0 Å². The molecular formula is C21H26N2O4S2. The summed E-state index contributed by atoms with van der Waals surface area (Å²) in [4.78, 5) is 13.4. The number of benzene rings is 2. The first-order valence-electron chi connectivity index (χ1n) is 9.75. The minimum atomic E-state index is -3.46. The van der Waals surface area contributed by atoms with E-state index in [1.807, 2.05) is 31.2 Å². The van der Waals surface area contributed by atoms with Gasteiger partial charge < -0.3 is 10.1 Å². The Morgan fingerprint density at radius 1 is 1.03 bits per heavy atom. The van der Waals surface area contributed by atoms with Gasteiger partial charge in [-0.25, -0.2) is 8.42 Å². The predicted octanol–water partition coefficient (Wildman–Crippen LogP) is 3.99. The molecule has 1 aliphatic rings. The molecule has 3 rings (SSSR count). The smallest absolute Gasteiger partial charge is 0.243 e. The standard InChI is InChI=1S/C21H26N2O4S2/c1-2-27-18-8-10-19(11-9-18)28-16-21(24)22-17-6-12-20(13-7-17)29(25,26)23-14-4-3-5-15-23/h6-13H,2-5,14-16H2,1H3,(H,22,24). The highest BCUT2D eigenvalue weighted by atomic mass is 32.2. The summed E-state index contributed by atoms with van der Waals surface area (Å²) in [6.07, 6.45) is 2.88. The van der Waals surface area contributed by atoms with Crippen molar-refractivity contribution in [3.8, 4) is 5.75 Å². The SMILES string of the molecule is CCOc1ccc(SCC(=O)Nc2ccc(S(=O)(=O)N3CCCCC3)cc2)cc1. The van der Waals surface area contributed by atoms with Gasteiger partial charge in [-0.1, -0.05) is 6.42 Å². The number of amides is 1. The van der Waals surface area contributed by atoms with Crippen LogP contribution >= 0.6 is 11.8 Å². The number of hydrogen-bond acceptors (Lipinski definition) is 5. The molecule has 0 aliphatic carbocycles. The lowest BCUT2D eigenvalue weighted by Crippen LogP contribution is -2.35. The van der Waals surface area contributed by atoms with Crippen LogP contribution < -0.4 is 10.1 Å². The fourth-order valence-corrected chi connectivity index (χ4v) is 5.32. The third kappa shape index (κ3) is 5.98. The molecule has 29 heavy (non-hydrogen) atoms. The monoisotopic (exact) mass is 434 g/mol. The second-order valence-electron chi connectivity index (χ2n) is 6.73. The number of rotatable bonds is 8. The van der Waals surface area contributed by atoms with Crippen LogP contribution in [0.5, 0.6) is 5.75 Å². The van der Waals surface area contributed by atoms with Crippen LogP contribution in [0.15, 0.2) is 58.3 Å². The van der Waals surface area contributed by atoms with Crippen LogP contribution in [0.3, 0.4) is 0 Å². The first kappa shape index (κ1) is 21.7. The maximum absolute atomic E-state index is 12.7. The molecule has 156 valence electrons. The van der Waals surface area contributed by atoms with Gasteiger partial charge in [0.15, 0.2) is 0 Å². The van der Waals surface area contributed by atoms with Crippen LogP contribution in [0.1, 0.15) is 26.2 Å². The molecular weight excluding hydrogens is 408 g/mol. The van der Waals surface area contributed by atoms with Gasteiger partial charge in [-0.2, -0.15) is 4.31 Å². The fraction of sp³-hybridized carbons (Fsp3) is 0.381. The lowest BCUT2D eigenvalue weighted by Gasteiger charge is -2.25. The number of thioether (sulfide) groups is 1. The van der Waals surface area contributed by atoms with Crippen LogP contribution in [0.4, 0.5) is 5.69 Å². The summed E-state index contributed by atoms with van der Waals surface area (Å²) in [5.41, 5.74) is 0.583. The Labute approximate surface area is 176 Å². The Balaban J connectivity index is 1.53. The molecule has 0 spiro atoms. The molecule has 2 aromatic carbocycles. The van der Waals surface area contributed by atoms with E-state index in [1.54, 1.807) is 24.3 Å². The van der Waals surface area contributed by atoms with E-state index in [1.165, 1.54) is 16.1 Å². The first-order chi connectivity index (χ1) is 14.0. The van der Waals surface area contributed by atoms with Gasteiger partial charge in [0.25, 0.3) is 0 Å². The molecule has 8 heteroatoms. The van der Waals surface area contributed by atoms with Crippen molar-refractivity contribution in [1.29, 1.82) is 0 Å². The van der Waals surface area contributed by atoms with Crippen molar-refractivity contribution < 1.29 is 17.9 Å². The molecule has 1 fully saturated rings. The van der Waals surface area contributed by atoms with Crippen molar-refractivity contribution in [1.82, 2.24) is 4.31 Å². The third-order valence-electron chi connectivity index (χ3n) is 4.60. The fourth-order valence-electron chi connectivity index (χ4n) is 3.11. The zero-order valence-corrected chi connectivity index (χ0v) is 18.1. The van der Waals surface area contributed by atoms with Gasteiger partial charge in [0, 0.05) is 23.7 Å². The summed E-state index contributed by atoms with van der Waals surface area (Å²) >= 11 is 1.43.